The predicted octanol–water partition coefficient (Wildman–Crippen LogP) is 1.12. The van der Waals surface area contributed by atoms with Gasteiger partial charge in [-0.15, -0.1) is 0 Å². The van der Waals surface area contributed by atoms with Crippen molar-refractivity contribution < 1.29 is 9.90 Å². The molecule has 0 spiro atoms. The maximum absolute atomic E-state index is 10.4. The number of halogens is 1. The number of nitrogens with zero attached hydrogens (tertiary/aromatic N) is 1. The van der Waals surface area contributed by atoms with Crippen LogP contribution in [-0.2, 0) is 0 Å². The van der Waals surface area contributed by atoms with Gasteiger partial charge in [0, 0.05) is 10.7 Å². The molecule has 0 atom stereocenters. The van der Waals surface area contributed by atoms with Crippen LogP contribution < -0.4 is 5.73 Å². The average Bonchev–Trinajstić information content (AvgIpc) is 1.85. The molecule has 0 saturated carbocycles. The summed E-state index contributed by atoms with van der Waals surface area (Å²) in [6, 6.07) is 1.45. The van der Waals surface area contributed by atoms with Crippen LogP contribution in [0.2, 0.25) is 0 Å². The minimum atomic E-state index is -1.02. The summed E-state index contributed by atoms with van der Waals surface area (Å²) >= 11 is 3.05. The van der Waals surface area contributed by atoms with Gasteiger partial charge in [-0.05, 0) is 22.0 Å². The quantitative estimate of drug-likeness (QED) is 0.738. The predicted molar refractivity (Wildman–Crippen MR) is 43.3 cm³/mol. The van der Waals surface area contributed by atoms with E-state index in [1.54, 1.807) is 0 Å². The molecule has 11 heavy (non-hydrogen) atoms. The van der Waals surface area contributed by atoms with E-state index in [-0.39, 0.29) is 5.56 Å². The molecule has 4 nitrogen and oxygen atoms in total. The number of carboxylic acids is 1. The summed E-state index contributed by atoms with van der Waals surface area (Å²) in [6.45, 7) is 0. The molecule has 0 aromatic carbocycles. The standard InChI is InChI=1S/C6H5BrN2O2/c7-4-1-5(8)9-2-3(4)6(10)11/h1-2H,(H2,8,9)(H,10,11). The van der Waals surface area contributed by atoms with Crippen LogP contribution in [0.3, 0.4) is 0 Å². The fraction of sp³-hybridized carbons (Fsp3) is 0. The number of hydrogen-bond acceptors (Lipinski definition) is 3. The van der Waals surface area contributed by atoms with E-state index in [2.05, 4.69) is 20.9 Å². The first-order valence-corrected chi connectivity index (χ1v) is 3.55. The van der Waals surface area contributed by atoms with Crippen molar-refractivity contribution in [2.24, 2.45) is 0 Å². The molecule has 5 heteroatoms. The molecule has 0 aliphatic rings. The normalized spacial score (nSPS) is 9.55. The molecule has 0 aliphatic carbocycles. The number of pyridine rings is 1. The second-order valence-electron chi connectivity index (χ2n) is 1.89. The lowest BCUT2D eigenvalue weighted by molar-refractivity contribution is 0.0695. The molecule has 0 saturated heterocycles. The molecule has 0 bridgehead atoms. The number of aromatic carboxylic acids is 1. The van der Waals surface area contributed by atoms with E-state index < -0.39 is 5.97 Å². The Bertz CT molecular complexity index is 301. The Hall–Kier alpha value is -1.10. The van der Waals surface area contributed by atoms with Gasteiger partial charge in [0.15, 0.2) is 0 Å². The van der Waals surface area contributed by atoms with Gasteiger partial charge in [0.05, 0.1) is 5.56 Å². The first-order chi connectivity index (χ1) is 5.11. The second-order valence-corrected chi connectivity index (χ2v) is 2.75. The van der Waals surface area contributed by atoms with Crippen molar-refractivity contribution >= 4 is 27.7 Å². The highest BCUT2D eigenvalue weighted by Gasteiger charge is 2.07. The van der Waals surface area contributed by atoms with Crippen molar-refractivity contribution in [3.8, 4) is 0 Å². The van der Waals surface area contributed by atoms with Gasteiger partial charge in [-0.2, -0.15) is 0 Å². The van der Waals surface area contributed by atoms with Crippen LogP contribution in [0.15, 0.2) is 16.7 Å². The van der Waals surface area contributed by atoms with Gasteiger partial charge in [0.2, 0.25) is 0 Å². The Kier molecular flexibility index (Phi) is 2.09. The maximum Gasteiger partial charge on any atom is 0.338 e. The van der Waals surface area contributed by atoms with E-state index >= 15 is 0 Å². The van der Waals surface area contributed by atoms with Crippen molar-refractivity contribution in [2.45, 2.75) is 0 Å². The lowest BCUT2D eigenvalue weighted by Gasteiger charge is -1.97. The molecule has 1 rings (SSSR count). The molecule has 58 valence electrons. The van der Waals surface area contributed by atoms with Gasteiger partial charge < -0.3 is 10.8 Å². The first kappa shape index (κ1) is 8.00. The third kappa shape index (κ3) is 1.68. The zero-order valence-electron chi connectivity index (χ0n) is 5.41. The van der Waals surface area contributed by atoms with E-state index in [9.17, 15) is 4.79 Å². The molecule has 0 radical (unpaired) electrons. The average molecular weight is 217 g/mol. The summed E-state index contributed by atoms with van der Waals surface area (Å²) in [5, 5.41) is 8.55. The Labute approximate surface area is 71.2 Å². The Balaban J connectivity index is 3.20. The zero-order chi connectivity index (χ0) is 8.43. The highest BCUT2D eigenvalue weighted by Crippen LogP contribution is 2.17. The molecule has 1 aromatic heterocycles. The molecular weight excluding hydrogens is 212 g/mol. The number of nitrogens with two attached hydrogens (primary N) is 1. The van der Waals surface area contributed by atoms with Crippen molar-refractivity contribution in [2.75, 3.05) is 5.73 Å². The summed E-state index contributed by atoms with van der Waals surface area (Å²) < 4.78 is 0.442. The summed E-state index contributed by atoms with van der Waals surface area (Å²) in [7, 11) is 0. The number of aromatic nitrogens is 1. The molecule has 1 aromatic rings. The van der Waals surface area contributed by atoms with Crippen LogP contribution in [0.25, 0.3) is 0 Å². The van der Waals surface area contributed by atoms with E-state index in [0.29, 0.717) is 10.3 Å². The summed E-state index contributed by atoms with van der Waals surface area (Å²) in [6.07, 6.45) is 1.21. The number of carbonyl (C=O) groups is 1. The van der Waals surface area contributed by atoms with Crippen molar-refractivity contribution in [1.82, 2.24) is 4.98 Å². The topological polar surface area (TPSA) is 76.2 Å². The maximum atomic E-state index is 10.4. The number of rotatable bonds is 1. The van der Waals surface area contributed by atoms with E-state index in [4.69, 9.17) is 10.8 Å². The van der Waals surface area contributed by atoms with E-state index in [1.165, 1.54) is 12.3 Å². The number of carboxylic acid groups (broad SMARTS) is 1. The minimum absolute atomic E-state index is 0.110. The first-order valence-electron chi connectivity index (χ1n) is 2.75. The minimum Gasteiger partial charge on any atom is -0.478 e. The third-order valence-electron chi connectivity index (χ3n) is 1.11. The van der Waals surface area contributed by atoms with Gasteiger partial charge in [-0.1, -0.05) is 0 Å². The molecule has 0 unspecified atom stereocenters. The zero-order valence-corrected chi connectivity index (χ0v) is 7.00. The van der Waals surface area contributed by atoms with Crippen molar-refractivity contribution in [3.63, 3.8) is 0 Å². The summed E-state index contributed by atoms with van der Waals surface area (Å²) in [5.41, 5.74) is 5.40. The van der Waals surface area contributed by atoms with Crippen LogP contribution in [0.1, 0.15) is 10.4 Å². The van der Waals surface area contributed by atoms with Gasteiger partial charge >= 0.3 is 5.97 Å². The summed E-state index contributed by atoms with van der Waals surface area (Å²) in [4.78, 5) is 14.1. The fourth-order valence-electron chi connectivity index (χ4n) is 0.603. The SMILES string of the molecule is Nc1cc(Br)c(C(=O)O)cn1. The molecule has 0 amide bonds. The molecule has 0 fully saturated rings. The van der Waals surface area contributed by atoms with Crippen LogP contribution in [0, 0.1) is 0 Å². The Morgan fingerprint density at radius 3 is 2.82 bits per heavy atom. The van der Waals surface area contributed by atoms with Gasteiger partial charge in [0.25, 0.3) is 0 Å². The van der Waals surface area contributed by atoms with E-state index in [0.717, 1.165) is 0 Å². The van der Waals surface area contributed by atoms with Crippen molar-refractivity contribution in [3.05, 3.63) is 22.3 Å². The van der Waals surface area contributed by atoms with Gasteiger partial charge in [0.1, 0.15) is 5.82 Å². The molecule has 3 N–H and O–H groups in total. The molecular formula is C6H5BrN2O2. The molecule has 1 heterocycles. The van der Waals surface area contributed by atoms with Gasteiger partial charge in [-0.3, -0.25) is 0 Å². The monoisotopic (exact) mass is 216 g/mol. The second kappa shape index (κ2) is 2.87. The molecule has 0 aliphatic heterocycles. The van der Waals surface area contributed by atoms with Gasteiger partial charge in [-0.25, -0.2) is 9.78 Å². The fourth-order valence-corrected chi connectivity index (χ4v) is 1.11. The highest BCUT2D eigenvalue weighted by atomic mass is 79.9. The number of hydrogen-bond donors (Lipinski definition) is 2. The summed E-state index contributed by atoms with van der Waals surface area (Å²) in [5.74, 6) is -0.730. The number of anilines is 1. The Morgan fingerprint density at radius 2 is 2.36 bits per heavy atom. The highest BCUT2D eigenvalue weighted by molar-refractivity contribution is 9.10. The Morgan fingerprint density at radius 1 is 1.73 bits per heavy atom. The lowest BCUT2D eigenvalue weighted by atomic mass is 10.3. The number of nitrogen functional groups attached to an aromatic ring is 1. The van der Waals surface area contributed by atoms with Crippen molar-refractivity contribution in [1.29, 1.82) is 0 Å². The lowest BCUT2D eigenvalue weighted by Crippen LogP contribution is -2.00. The smallest absolute Gasteiger partial charge is 0.338 e. The largest absolute Gasteiger partial charge is 0.478 e. The van der Waals surface area contributed by atoms with Crippen LogP contribution >= 0.6 is 15.9 Å². The van der Waals surface area contributed by atoms with Crippen LogP contribution in [0.4, 0.5) is 5.82 Å². The van der Waals surface area contributed by atoms with Crippen LogP contribution in [0.5, 0.6) is 0 Å². The van der Waals surface area contributed by atoms with Crippen LogP contribution in [-0.4, -0.2) is 16.1 Å². The third-order valence-corrected chi connectivity index (χ3v) is 1.76. The van der Waals surface area contributed by atoms with E-state index in [1.807, 2.05) is 0 Å².